The van der Waals surface area contributed by atoms with Gasteiger partial charge in [-0.3, -0.25) is 0 Å². The predicted octanol–water partition coefficient (Wildman–Crippen LogP) is 2.06. The van der Waals surface area contributed by atoms with Crippen LogP contribution in [-0.4, -0.2) is 19.6 Å². The van der Waals surface area contributed by atoms with Crippen molar-refractivity contribution in [2.75, 3.05) is 19.0 Å². The van der Waals surface area contributed by atoms with Crippen LogP contribution >= 0.6 is 0 Å². The van der Waals surface area contributed by atoms with E-state index in [1.807, 2.05) is 0 Å². The molecule has 0 heterocycles. The van der Waals surface area contributed by atoms with Crippen molar-refractivity contribution >= 4 is 5.69 Å². The van der Waals surface area contributed by atoms with Gasteiger partial charge >= 0.3 is 0 Å². The zero-order valence-corrected chi connectivity index (χ0v) is 9.56. The number of nitrogens with zero attached hydrogens (tertiary/aromatic N) is 1. The molecular formula is C12H16F2N2. The molecule has 0 saturated heterocycles. The molecule has 0 radical (unpaired) electrons. The van der Waals surface area contributed by atoms with Crippen molar-refractivity contribution in [1.29, 1.82) is 0 Å². The monoisotopic (exact) mass is 226 g/mol. The van der Waals surface area contributed by atoms with Gasteiger partial charge in [0.15, 0.2) is 11.6 Å². The summed E-state index contributed by atoms with van der Waals surface area (Å²) in [6.45, 7) is 0. The normalized spacial score (nSPS) is 17.3. The molecule has 88 valence electrons. The summed E-state index contributed by atoms with van der Waals surface area (Å²) in [4.78, 5) is 1.57. The molecule has 1 aliphatic rings. The van der Waals surface area contributed by atoms with E-state index in [-0.39, 0.29) is 11.2 Å². The largest absolute Gasteiger partial charge is 0.375 e. The topological polar surface area (TPSA) is 29.3 Å². The zero-order chi connectivity index (χ0) is 11.9. The minimum atomic E-state index is -0.801. The fourth-order valence-corrected chi connectivity index (χ4v) is 1.80. The molecule has 4 heteroatoms. The average Bonchev–Trinajstić information content (AvgIpc) is 2.89. The maximum Gasteiger partial charge on any atom is 0.182 e. The first kappa shape index (κ1) is 11.3. The van der Waals surface area contributed by atoms with Crippen molar-refractivity contribution < 1.29 is 8.78 Å². The molecule has 2 rings (SSSR count). The van der Waals surface area contributed by atoms with Crippen LogP contribution in [0.3, 0.4) is 0 Å². The van der Waals surface area contributed by atoms with Crippen LogP contribution in [0.1, 0.15) is 18.4 Å². The summed E-state index contributed by atoms with van der Waals surface area (Å²) in [7, 11) is 3.38. The van der Waals surface area contributed by atoms with Gasteiger partial charge in [0, 0.05) is 19.6 Å². The maximum absolute atomic E-state index is 13.4. The van der Waals surface area contributed by atoms with Crippen LogP contribution in [0.5, 0.6) is 0 Å². The van der Waals surface area contributed by atoms with E-state index in [2.05, 4.69) is 0 Å². The first-order valence-electron chi connectivity index (χ1n) is 5.35. The van der Waals surface area contributed by atoms with Crippen molar-refractivity contribution in [3.05, 3.63) is 29.3 Å². The third kappa shape index (κ3) is 2.16. The van der Waals surface area contributed by atoms with Crippen LogP contribution < -0.4 is 10.6 Å². The maximum atomic E-state index is 13.4. The lowest BCUT2D eigenvalue weighted by molar-refractivity contribution is 0.506. The van der Waals surface area contributed by atoms with Gasteiger partial charge in [0.2, 0.25) is 0 Å². The second-order valence-corrected chi connectivity index (χ2v) is 4.84. The van der Waals surface area contributed by atoms with Crippen molar-refractivity contribution in [2.24, 2.45) is 5.73 Å². The second-order valence-electron chi connectivity index (χ2n) is 4.84. The summed E-state index contributed by atoms with van der Waals surface area (Å²) >= 11 is 0. The number of halogens is 2. The summed E-state index contributed by atoms with van der Waals surface area (Å²) in [6, 6.07) is 2.92. The molecule has 2 nitrogen and oxygen atoms in total. The summed E-state index contributed by atoms with van der Waals surface area (Å²) in [6.07, 6.45) is 2.54. The molecule has 1 aliphatic carbocycles. The van der Waals surface area contributed by atoms with E-state index in [0.29, 0.717) is 6.42 Å². The lowest BCUT2D eigenvalue weighted by atomic mass is 10.0. The highest BCUT2D eigenvalue weighted by atomic mass is 19.2. The van der Waals surface area contributed by atoms with Gasteiger partial charge in [-0.25, -0.2) is 8.78 Å². The molecule has 0 spiro atoms. The van der Waals surface area contributed by atoms with Crippen LogP contribution in [0, 0.1) is 11.6 Å². The van der Waals surface area contributed by atoms with Gasteiger partial charge in [0.25, 0.3) is 0 Å². The Labute approximate surface area is 94.0 Å². The van der Waals surface area contributed by atoms with E-state index in [1.165, 1.54) is 6.07 Å². The van der Waals surface area contributed by atoms with Crippen LogP contribution in [0.2, 0.25) is 0 Å². The number of hydrogen-bond acceptors (Lipinski definition) is 2. The Balaban J connectivity index is 2.32. The fraction of sp³-hybridized carbons (Fsp3) is 0.500. The van der Waals surface area contributed by atoms with Gasteiger partial charge in [-0.1, -0.05) is 0 Å². The van der Waals surface area contributed by atoms with Crippen molar-refractivity contribution in [1.82, 2.24) is 0 Å². The number of anilines is 1. The molecule has 0 aliphatic heterocycles. The van der Waals surface area contributed by atoms with Gasteiger partial charge < -0.3 is 10.6 Å². The summed E-state index contributed by atoms with van der Waals surface area (Å²) in [5.74, 6) is -1.60. The zero-order valence-electron chi connectivity index (χ0n) is 9.56. The molecule has 1 aromatic rings. The Hall–Kier alpha value is -1.16. The summed E-state index contributed by atoms with van der Waals surface area (Å²) < 4.78 is 26.8. The number of rotatable bonds is 3. The minimum Gasteiger partial charge on any atom is -0.375 e. The lowest BCUT2D eigenvalue weighted by Crippen LogP contribution is -2.25. The van der Waals surface area contributed by atoms with E-state index >= 15 is 0 Å². The Morgan fingerprint density at radius 2 is 1.94 bits per heavy atom. The van der Waals surface area contributed by atoms with E-state index in [1.54, 1.807) is 25.1 Å². The molecule has 0 atom stereocenters. The third-order valence-corrected chi connectivity index (χ3v) is 3.00. The molecule has 16 heavy (non-hydrogen) atoms. The standard InChI is InChI=1S/C12H16F2N2/c1-16(2)10-6-8(5-9(13)11(10)14)7-12(15)3-4-12/h5-6H,3-4,7,15H2,1-2H3. The first-order valence-corrected chi connectivity index (χ1v) is 5.35. The second kappa shape index (κ2) is 3.70. The molecule has 0 aromatic heterocycles. The number of benzene rings is 1. The molecule has 1 fully saturated rings. The highest BCUT2D eigenvalue weighted by molar-refractivity contribution is 5.49. The summed E-state index contributed by atoms with van der Waals surface area (Å²) in [5.41, 5.74) is 6.82. The van der Waals surface area contributed by atoms with Gasteiger partial charge in [0.1, 0.15) is 0 Å². The Kier molecular flexibility index (Phi) is 2.62. The highest BCUT2D eigenvalue weighted by Gasteiger charge is 2.38. The Bertz CT molecular complexity index is 412. The Morgan fingerprint density at radius 3 is 2.44 bits per heavy atom. The van der Waals surface area contributed by atoms with Crippen LogP contribution in [0.25, 0.3) is 0 Å². The fourth-order valence-electron chi connectivity index (χ4n) is 1.80. The predicted molar refractivity (Wildman–Crippen MR) is 60.5 cm³/mol. The molecule has 2 N–H and O–H groups in total. The smallest absolute Gasteiger partial charge is 0.182 e. The molecule has 0 amide bonds. The average molecular weight is 226 g/mol. The van der Waals surface area contributed by atoms with E-state index in [0.717, 1.165) is 18.4 Å². The van der Waals surface area contributed by atoms with Crippen molar-refractivity contribution in [3.8, 4) is 0 Å². The number of hydrogen-bond donors (Lipinski definition) is 1. The third-order valence-electron chi connectivity index (χ3n) is 3.00. The first-order chi connectivity index (χ1) is 7.41. The van der Waals surface area contributed by atoms with E-state index < -0.39 is 11.6 Å². The van der Waals surface area contributed by atoms with Crippen LogP contribution in [0.4, 0.5) is 14.5 Å². The van der Waals surface area contributed by atoms with E-state index in [9.17, 15) is 8.78 Å². The molecule has 1 aromatic carbocycles. The quantitative estimate of drug-likeness (QED) is 0.854. The van der Waals surface area contributed by atoms with Gasteiger partial charge in [-0.15, -0.1) is 0 Å². The van der Waals surface area contributed by atoms with Crippen molar-refractivity contribution in [3.63, 3.8) is 0 Å². The van der Waals surface area contributed by atoms with Crippen LogP contribution in [-0.2, 0) is 6.42 Å². The van der Waals surface area contributed by atoms with Gasteiger partial charge in [-0.05, 0) is 37.0 Å². The molecule has 0 unspecified atom stereocenters. The minimum absolute atomic E-state index is 0.187. The Morgan fingerprint density at radius 1 is 1.31 bits per heavy atom. The van der Waals surface area contributed by atoms with Gasteiger partial charge in [0.05, 0.1) is 5.69 Å². The molecular weight excluding hydrogens is 210 g/mol. The molecule has 1 saturated carbocycles. The van der Waals surface area contributed by atoms with E-state index in [4.69, 9.17) is 5.73 Å². The SMILES string of the molecule is CN(C)c1cc(CC2(N)CC2)cc(F)c1F. The lowest BCUT2D eigenvalue weighted by Gasteiger charge is -2.16. The molecule has 0 bridgehead atoms. The summed E-state index contributed by atoms with van der Waals surface area (Å²) in [5, 5.41) is 0. The van der Waals surface area contributed by atoms with Crippen LogP contribution in [0.15, 0.2) is 12.1 Å². The number of nitrogens with two attached hydrogens (primary N) is 1. The van der Waals surface area contributed by atoms with Gasteiger partial charge in [-0.2, -0.15) is 0 Å². The highest BCUT2D eigenvalue weighted by Crippen LogP contribution is 2.36. The van der Waals surface area contributed by atoms with Crippen molar-refractivity contribution in [2.45, 2.75) is 24.8 Å².